The van der Waals surface area contributed by atoms with Gasteiger partial charge >= 0.3 is 0 Å². The minimum Gasteiger partial charge on any atom is -0.384 e. The number of anilines is 1. The molecule has 19 heavy (non-hydrogen) atoms. The number of fused-ring (bicyclic) bond motifs is 1. The molecule has 2 atom stereocenters. The highest BCUT2D eigenvalue weighted by atomic mass is 14.9. The highest BCUT2D eigenvalue weighted by Crippen LogP contribution is 2.24. The molecule has 2 heteroatoms. The van der Waals surface area contributed by atoms with Crippen LogP contribution in [0.1, 0.15) is 50.2 Å². The maximum Gasteiger partial charge on any atom is 0.0373 e. The van der Waals surface area contributed by atoms with E-state index >= 15 is 0 Å². The second kappa shape index (κ2) is 5.96. The third-order valence-corrected chi connectivity index (χ3v) is 4.73. The van der Waals surface area contributed by atoms with Gasteiger partial charge in [0.15, 0.2) is 0 Å². The van der Waals surface area contributed by atoms with Crippen LogP contribution >= 0.6 is 0 Å². The summed E-state index contributed by atoms with van der Waals surface area (Å²) in [6.45, 7) is 4.54. The van der Waals surface area contributed by atoms with Crippen molar-refractivity contribution in [2.24, 2.45) is 5.92 Å². The minimum absolute atomic E-state index is 0.733. The summed E-state index contributed by atoms with van der Waals surface area (Å²) in [6, 6.07) is 7.62. The van der Waals surface area contributed by atoms with Crippen molar-refractivity contribution in [3.63, 3.8) is 0 Å². The Balaban J connectivity index is 1.54. The third-order valence-electron chi connectivity index (χ3n) is 4.73. The van der Waals surface area contributed by atoms with Gasteiger partial charge in [-0.15, -0.1) is 0 Å². The first-order chi connectivity index (χ1) is 9.31. The lowest BCUT2D eigenvalue weighted by Gasteiger charge is -2.16. The van der Waals surface area contributed by atoms with E-state index in [4.69, 9.17) is 0 Å². The number of hydrogen-bond donors (Lipinski definition) is 2. The molecule has 2 aliphatic rings. The van der Waals surface area contributed by atoms with Crippen molar-refractivity contribution < 1.29 is 0 Å². The predicted octanol–water partition coefficient (Wildman–Crippen LogP) is 3.71. The fourth-order valence-electron chi connectivity index (χ4n) is 3.42. The van der Waals surface area contributed by atoms with Crippen LogP contribution in [0.5, 0.6) is 0 Å². The largest absolute Gasteiger partial charge is 0.384 e. The molecular weight excluding hydrogens is 232 g/mol. The van der Waals surface area contributed by atoms with E-state index in [1.807, 2.05) is 0 Å². The molecule has 2 nitrogen and oxygen atoms in total. The summed E-state index contributed by atoms with van der Waals surface area (Å²) in [5, 5.41) is 7.19. The van der Waals surface area contributed by atoms with E-state index in [0.717, 1.165) is 25.0 Å². The molecule has 1 aromatic carbocycles. The summed E-state index contributed by atoms with van der Waals surface area (Å²) in [7, 11) is 0. The first-order valence-electron chi connectivity index (χ1n) is 7.90. The van der Waals surface area contributed by atoms with Gasteiger partial charge in [-0.2, -0.15) is 0 Å². The van der Waals surface area contributed by atoms with Crippen LogP contribution in [0.3, 0.4) is 0 Å². The summed E-state index contributed by atoms with van der Waals surface area (Å²) >= 11 is 0. The third kappa shape index (κ3) is 3.30. The Hall–Kier alpha value is -1.02. The monoisotopic (exact) mass is 258 g/mol. The van der Waals surface area contributed by atoms with Crippen LogP contribution in [0.25, 0.3) is 0 Å². The molecule has 1 aromatic rings. The molecule has 0 saturated heterocycles. The average molecular weight is 258 g/mol. The Morgan fingerprint density at radius 2 is 2.16 bits per heavy atom. The van der Waals surface area contributed by atoms with Gasteiger partial charge in [-0.05, 0) is 48.8 Å². The quantitative estimate of drug-likeness (QED) is 0.808. The molecule has 1 aliphatic heterocycles. The van der Waals surface area contributed by atoms with Gasteiger partial charge in [0.25, 0.3) is 0 Å². The second-order valence-corrected chi connectivity index (χ2v) is 6.36. The molecular formula is C17H26N2. The van der Waals surface area contributed by atoms with Crippen LogP contribution < -0.4 is 10.6 Å². The molecule has 0 amide bonds. The molecule has 0 bridgehead atoms. The van der Waals surface area contributed by atoms with Gasteiger partial charge in [-0.25, -0.2) is 0 Å². The highest BCUT2D eigenvalue weighted by molar-refractivity contribution is 5.56. The van der Waals surface area contributed by atoms with Crippen LogP contribution in [-0.4, -0.2) is 12.6 Å². The first kappa shape index (κ1) is 13.0. The normalized spacial score (nSPS) is 26.6. The molecule has 0 radical (unpaired) electrons. The maximum absolute atomic E-state index is 3.77. The number of hydrogen-bond acceptors (Lipinski definition) is 2. The Labute approximate surface area is 117 Å². The molecule has 1 aliphatic carbocycles. The van der Waals surface area contributed by atoms with Gasteiger partial charge in [0.1, 0.15) is 0 Å². The maximum atomic E-state index is 3.77. The molecule has 1 fully saturated rings. The fourth-order valence-corrected chi connectivity index (χ4v) is 3.42. The van der Waals surface area contributed by atoms with E-state index in [9.17, 15) is 0 Å². The lowest BCUT2D eigenvalue weighted by molar-refractivity contribution is 0.447. The molecule has 0 spiro atoms. The highest BCUT2D eigenvalue weighted by Gasteiger charge is 2.16. The Bertz CT molecular complexity index is 427. The van der Waals surface area contributed by atoms with Crippen LogP contribution in [0.2, 0.25) is 0 Å². The van der Waals surface area contributed by atoms with Crippen LogP contribution in [-0.2, 0) is 13.0 Å². The van der Waals surface area contributed by atoms with Gasteiger partial charge in [0.05, 0.1) is 0 Å². The summed E-state index contributed by atoms with van der Waals surface area (Å²) < 4.78 is 0. The molecule has 3 rings (SSSR count). The molecule has 104 valence electrons. The zero-order valence-corrected chi connectivity index (χ0v) is 12.0. The summed E-state index contributed by atoms with van der Waals surface area (Å²) in [6.07, 6.45) is 8.11. The van der Waals surface area contributed by atoms with E-state index in [0.29, 0.717) is 0 Å². The van der Waals surface area contributed by atoms with Gasteiger partial charge < -0.3 is 10.6 Å². The molecule has 2 unspecified atom stereocenters. The van der Waals surface area contributed by atoms with Crippen molar-refractivity contribution in [1.29, 1.82) is 0 Å². The van der Waals surface area contributed by atoms with E-state index in [-0.39, 0.29) is 0 Å². The fraction of sp³-hybridized carbons (Fsp3) is 0.647. The van der Waals surface area contributed by atoms with Gasteiger partial charge in [0.2, 0.25) is 0 Å². The number of rotatable bonds is 3. The Morgan fingerprint density at radius 3 is 3.11 bits per heavy atom. The number of nitrogens with one attached hydrogen (secondary N) is 2. The van der Waals surface area contributed by atoms with E-state index in [1.165, 1.54) is 55.3 Å². The van der Waals surface area contributed by atoms with Crippen molar-refractivity contribution in [1.82, 2.24) is 5.32 Å². The van der Waals surface area contributed by atoms with Crippen molar-refractivity contribution in [2.75, 3.05) is 11.9 Å². The van der Waals surface area contributed by atoms with E-state index in [1.54, 1.807) is 0 Å². The van der Waals surface area contributed by atoms with Gasteiger partial charge in [-0.3, -0.25) is 0 Å². The smallest absolute Gasteiger partial charge is 0.0373 e. The van der Waals surface area contributed by atoms with Crippen molar-refractivity contribution in [3.05, 3.63) is 29.3 Å². The standard InChI is InChI=1S/C17H26N2/c1-13-3-2-4-16(7-5-13)19-12-14-6-8-17-15(11-14)9-10-18-17/h6,8,11,13,16,18-19H,2-5,7,9-10,12H2,1H3. The minimum atomic E-state index is 0.733. The Kier molecular flexibility index (Phi) is 4.07. The summed E-state index contributed by atoms with van der Waals surface area (Å²) in [5.41, 5.74) is 4.28. The lowest BCUT2D eigenvalue weighted by atomic mass is 10.0. The predicted molar refractivity (Wildman–Crippen MR) is 81.5 cm³/mol. The van der Waals surface area contributed by atoms with Crippen molar-refractivity contribution in [2.45, 2.75) is 58.0 Å². The van der Waals surface area contributed by atoms with Gasteiger partial charge in [0, 0.05) is 24.8 Å². The Morgan fingerprint density at radius 1 is 1.21 bits per heavy atom. The topological polar surface area (TPSA) is 24.1 Å². The zero-order valence-electron chi connectivity index (χ0n) is 12.0. The zero-order chi connectivity index (χ0) is 13.1. The van der Waals surface area contributed by atoms with Crippen molar-refractivity contribution in [3.8, 4) is 0 Å². The van der Waals surface area contributed by atoms with Crippen LogP contribution in [0.4, 0.5) is 5.69 Å². The summed E-state index contributed by atoms with van der Waals surface area (Å²) in [4.78, 5) is 0. The first-order valence-corrected chi connectivity index (χ1v) is 7.90. The summed E-state index contributed by atoms with van der Waals surface area (Å²) in [5.74, 6) is 0.929. The van der Waals surface area contributed by atoms with Crippen molar-refractivity contribution >= 4 is 5.69 Å². The van der Waals surface area contributed by atoms with E-state index in [2.05, 4.69) is 35.8 Å². The molecule has 1 saturated carbocycles. The van der Waals surface area contributed by atoms with Crippen LogP contribution in [0, 0.1) is 5.92 Å². The van der Waals surface area contributed by atoms with Gasteiger partial charge in [-0.1, -0.05) is 31.9 Å². The lowest BCUT2D eigenvalue weighted by Crippen LogP contribution is -2.27. The van der Waals surface area contributed by atoms with E-state index < -0.39 is 0 Å². The average Bonchev–Trinajstić information content (AvgIpc) is 2.79. The second-order valence-electron chi connectivity index (χ2n) is 6.36. The number of benzene rings is 1. The molecule has 2 N–H and O–H groups in total. The molecule has 0 aromatic heterocycles. The SMILES string of the molecule is CC1CCCC(NCc2ccc3c(c2)CCN3)CC1. The van der Waals surface area contributed by atoms with Crippen LogP contribution in [0.15, 0.2) is 18.2 Å². The molecule has 1 heterocycles.